The van der Waals surface area contributed by atoms with Crippen LogP contribution in [0.15, 0.2) is 16.9 Å². The van der Waals surface area contributed by atoms with Gasteiger partial charge in [0, 0.05) is 23.6 Å². The molecule has 15 heteroatoms. The first kappa shape index (κ1) is 35.7. The molecule has 0 aliphatic heterocycles. The van der Waals surface area contributed by atoms with Crippen molar-refractivity contribution < 1.29 is 34.8 Å². The smallest absolute Gasteiger partial charge is 0.255 e. The summed E-state index contributed by atoms with van der Waals surface area (Å²) in [5.41, 5.74) is 1.78. The standard InChI is InChI=1S/C25H31ClN4O7.3ClH/c1-9(2)5-6-28-24-19(33)14-11(22(26)29-24)7-10-8-12-16(30(3)4)18(32)15(23(27)36)21(35)25(12,37)20(34)13(10)17(14)31;;;/h9-10,12,16,31,33,35,37H,5-8H2,1-4H3,(H2,27,36)(H,28,29);3*1H/t10-,12-,16-,25-;;;/m0.../s1. The molecule has 4 atom stereocenters. The molecular weight excluding hydrogens is 610 g/mol. The number of carbonyl (C=O) groups is 3. The van der Waals surface area contributed by atoms with E-state index >= 15 is 0 Å². The Balaban J connectivity index is 0.00000267. The third-order valence-corrected chi connectivity index (χ3v) is 7.86. The molecule has 1 saturated carbocycles. The zero-order valence-corrected chi connectivity index (χ0v) is 25.4. The number of hydrogen-bond acceptors (Lipinski definition) is 10. The number of rotatable bonds is 6. The first-order valence-corrected chi connectivity index (χ1v) is 12.4. The van der Waals surface area contributed by atoms with Crippen LogP contribution >= 0.6 is 48.8 Å². The molecule has 0 aromatic carbocycles. The molecule has 1 amide bonds. The zero-order valence-electron chi connectivity index (χ0n) is 22.2. The van der Waals surface area contributed by atoms with Crippen LogP contribution in [0.3, 0.4) is 0 Å². The molecule has 0 bridgehead atoms. The number of aliphatic hydroxyl groups is 3. The number of nitrogens with zero attached hydrogens (tertiary/aromatic N) is 2. The average molecular weight is 644 g/mol. The number of halogens is 4. The topological polar surface area (TPSA) is 186 Å². The largest absolute Gasteiger partial charge is 0.508 e. The van der Waals surface area contributed by atoms with Gasteiger partial charge in [0.2, 0.25) is 5.78 Å². The summed E-state index contributed by atoms with van der Waals surface area (Å²) < 4.78 is 0. The SMILES string of the molecule is CC(C)CCNc1nc(Cl)c2c(c1O)C(O)=C1C(=O)[C@]3(O)C(O)=C(C(N)=O)C(=O)[C@@H](N(C)C)[C@@H]3C[C@@H]1C2.Cl.Cl.Cl. The molecule has 1 heterocycles. The molecule has 224 valence electrons. The number of carbonyl (C=O) groups excluding carboxylic acids is 3. The number of fused-ring (bicyclic) bond motifs is 3. The third-order valence-electron chi connectivity index (χ3n) is 7.55. The number of nitrogens with two attached hydrogens (primary N) is 1. The van der Waals surface area contributed by atoms with Gasteiger partial charge in [-0.2, -0.15) is 0 Å². The van der Waals surface area contributed by atoms with E-state index < -0.39 is 63.8 Å². The molecule has 1 aromatic rings. The van der Waals surface area contributed by atoms with E-state index in [0.717, 1.165) is 6.42 Å². The summed E-state index contributed by atoms with van der Waals surface area (Å²) in [7, 11) is 3.08. The van der Waals surface area contributed by atoms with Gasteiger partial charge in [-0.05, 0) is 45.2 Å². The maximum atomic E-state index is 13.8. The van der Waals surface area contributed by atoms with Crippen LogP contribution in [0.2, 0.25) is 5.15 Å². The predicted octanol–water partition coefficient (Wildman–Crippen LogP) is 2.74. The van der Waals surface area contributed by atoms with Crippen molar-refractivity contribution in [1.29, 1.82) is 0 Å². The number of aromatic hydroxyl groups is 1. The van der Waals surface area contributed by atoms with E-state index in [-0.39, 0.29) is 72.2 Å². The Morgan fingerprint density at radius 1 is 1.20 bits per heavy atom. The van der Waals surface area contributed by atoms with Crippen molar-refractivity contribution in [1.82, 2.24) is 9.88 Å². The van der Waals surface area contributed by atoms with Gasteiger partial charge >= 0.3 is 0 Å². The van der Waals surface area contributed by atoms with E-state index in [0.29, 0.717) is 18.0 Å². The summed E-state index contributed by atoms with van der Waals surface area (Å²) in [5.74, 6) is -6.75. The molecule has 0 radical (unpaired) electrons. The molecule has 0 unspecified atom stereocenters. The zero-order chi connectivity index (χ0) is 27.6. The van der Waals surface area contributed by atoms with Crippen LogP contribution in [0.5, 0.6) is 5.75 Å². The highest BCUT2D eigenvalue weighted by Gasteiger charge is 2.64. The minimum atomic E-state index is -2.69. The maximum absolute atomic E-state index is 13.8. The van der Waals surface area contributed by atoms with Crippen molar-refractivity contribution in [2.75, 3.05) is 26.0 Å². The van der Waals surface area contributed by atoms with Gasteiger partial charge in [0.15, 0.2) is 23.0 Å². The molecule has 11 nitrogen and oxygen atoms in total. The average Bonchev–Trinajstić information content (AvgIpc) is 2.78. The highest BCUT2D eigenvalue weighted by atomic mass is 35.5. The number of anilines is 1. The van der Waals surface area contributed by atoms with E-state index in [1.54, 1.807) is 14.1 Å². The van der Waals surface area contributed by atoms with E-state index in [1.165, 1.54) is 4.90 Å². The maximum Gasteiger partial charge on any atom is 0.255 e. The van der Waals surface area contributed by atoms with Gasteiger partial charge < -0.3 is 31.5 Å². The Labute approximate surface area is 255 Å². The highest BCUT2D eigenvalue weighted by Crippen LogP contribution is 2.53. The summed E-state index contributed by atoms with van der Waals surface area (Å²) in [6, 6.07) is -1.15. The second-order valence-corrected chi connectivity index (χ2v) is 10.9. The summed E-state index contributed by atoms with van der Waals surface area (Å²) >= 11 is 6.45. The molecule has 0 spiro atoms. The summed E-state index contributed by atoms with van der Waals surface area (Å²) in [6.45, 7) is 4.54. The molecule has 1 fully saturated rings. The number of pyridine rings is 1. The number of hydrogen-bond donors (Lipinski definition) is 6. The number of primary amides is 1. The first-order valence-electron chi connectivity index (χ1n) is 12.0. The van der Waals surface area contributed by atoms with Crippen molar-refractivity contribution in [3.8, 4) is 5.75 Å². The normalized spacial score (nSPS) is 25.4. The van der Waals surface area contributed by atoms with Crippen molar-refractivity contribution in [3.05, 3.63) is 33.2 Å². The number of nitrogens with one attached hydrogen (secondary N) is 1. The Bertz CT molecular complexity index is 1280. The molecule has 7 N–H and O–H groups in total. The van der Waals surface area contributed by atoms with Crippen LogP contribution in [0.1, 0.15) is 37.8 Å². The minimum absolute atomic E-state index is 0. The van der Waals surface area contributed by atoms with Crippen LogP contribution in [0, 0.1) is 17.8 Å². The van der Waals surface area contributed by atoms with Gasteiger partial charge in [-0.1, -0.05) is 25.4 Å². The molecule has 1 aromatic heterocycles. The fourth-order valence-electron chi connectivity index (χ4n) is 5.76. The quantitative estimate of drug-likeness (QED) is 0.199. The fraction of sp³-hybridized carbons (Fsp3) is 0.520. The Morgan fingerprint density at radius 3 is 2.33 bits per heavy atom. The number of Topliss-reactive ketones (excluding diaryl/α,β-unsaturated/α-hetero) is 2. The monoisotopic (exact) mass is 642 g/mol. The number of amides is 1. The number of aliphatic hydroxyl groups excluding tert-OH is 2. The van der Waals surface area contributed by atoms with Gasteiger partial charge in [0.05, 0.1) is 11.6 Å². The number of aromatic nitrogens is 1. The molecular formula is C25H34Cl4N4O7. The van der Waals surface area contributed by atoms with Gasteiger partial charge in [-0.3, -0.25) is 19.3 Å². The van der Waals surface area contributed by atoms with E-state index in [9.17, 15) is 34.8 Å². The Hall–Kier alpha value is -2.28. The fourth-order valence-corrected chi connectivity index (χ4v) is 6.02. The van der Waals surface area contributed by atoms with Crippen LogP contribution in [0.25, 0.3) is 5.76 Å². The predicted molar refractivity (Wildman–Crippen MR) is 157 cm³/mol. The van der Waals surface area contributed by atoms with Crippen molar-refractivity contribution in [2.45, 2.75) is 44.8 Å². The number of likely N-dealkylation sites (N-methyl/N-ethyl adjacent to an activating group) is 1. The molecule has 3 aliphatic rings. The molecule has 3 aliphatic carbocycles. The molecule has 40 heavy (non-hydrogen) atoms. The van der Waals surface area contributed by atoms with Crippen molar-refractivity contribution >= 4 is 77.9 Å². The summed E-state index contributed by atoms with van der Waals surface area (Å²) in [6.07, 6.45) is 0.842. The second-order valence-electron chi connectivity index (χ2n) is 10.5. The van der Waals surface area contributed by atoms with E-state index in [2.05, 4.69) is 10.3 Å². The van der Waals surface area contributed by atoms with Crippen molar-refractivity contribution in [3.63, 3.8) is 0 Å². The van der Waals surface area contributed by atoms with E-state index in [1.807, 2.05) is 13.8 Å². The van der Waals surface area contributed by atoms with Crippen LogP contribution in [-0.2, 0) is 20.8 Å². The lowest BCUT2D eigenvalue weighted by Crippen LogP contribution is -2.65. The van der Waals surface area contributed by atoms with Gasteiger partial charge in [0.1, 0.15) is 22.2 Å². The third kappa shape index (κ3) is 5.35. The molecule has 4 rings (SSSR count). The lowest BCUT2D eigenvalue weighted by Gasteiger charge is -2.50. The molecule has 0 saturated heterocycles. The van der Waals surface area contributed by atoms with Crippen LogP contribution in [0.4, 0.5) is 5.82 Å². The van der Waals surface area contributed by atoms with Crippen LogP contribution in [-0.4, -0.2) is 80.1 Å². The highest BCUT2D eigenvalue weighted by molar-refractivity contribution is 6.31. The van der Waals surface area contributed by atoms with Gasteiger partial charge in [-0.15, -0.1) is 37.2 Å². The van der Waals surface area contributed by atoms with Gasteiger partial charge in [0.25, 0.3) is 5.91 Å². The first-order chi connectivity index (χ1) is 17.2. The van der Waals surface area contributed by atoms with Crippen molar-refractivity contribution in [2.24, 2.45) is 23.5 Å². The van der Waals surface area contributed by atoms with Gasteiger partial charge in [-0.25, -0.2) is 4.98 Å². The Kier molecular flexibility index (Phi) is 11.4. The van der Waals surface area contributed by atoms with Crippen LogP contribution < -0.4 is 11.1 Å². The lowest BCUT2D eigenvalue weighted by molar-refractivity contribution is -0.153. The lowest BCUT2D eigenvalue weighted by atomic mass is 9.57. The number of ketones is 2. The second kappa shape index (κ2) is 12.7. The van der Waals surface area contributed by atoms with E-state index in [4.69, 9.17) is 17.3 Å². The minimum Gasteiger partial charge on any atom is -0.508 e. The summed E-state index contributed by atoms with van der Waals surface area (Å²) in [4.78, 5) is 44.7. The summed E-state index contributed by atoms with van der Waals surface area (Å²) in [5, 5.41) is 47.7. The Morgan fingerprint density at radius 2 is 1.80 bits per heavy atom.